The van der Waals surface area contributed by atoms with Gasteiger partial charge in [0.25, 0.3) is 0 Å². The summed E-state index contributed by atoms with van der Waals surface area (Å²) in [7, 11) is 0. The third-order valence-corrected chi connectivity index (χ3v) is 2.40. The zero-order valence-electron chi connectivity index (χ0n) is 8.43. The number of halogens is 1. The van der Waals surface area contributed by atoms with E-state index in [0.29, 0.717) is 18.3 Å². The second-order valence-corrected chi connectivity index (χ2v) is 4.13. The molecular weight excluding hydrogens is 270 g/mol. The minimum Gasteiger partial charge on any atom is -0.459 e. The monoisotopic (exact) mass is 279 g/mol. The number of aromatic nitrogens is 2. The van der Waals surface area contributed by atoms with E-state index in [-0.39, 0.29) is 0 Å². The van der Waals surface area contributed by atoms with Gasteiger partial charge in [-0.15, -0.1) is 0 Å². The Labute approximate surface area is 102 Å². The number of hydrogen-bond acceptors (Lipinski definition) is 4. The van der Waals surface area contributed by atoms with Gasteiger partial charge in [0.15, 0.2) is 0 Å². The normalized spacial score (nSPS) is 10.1. The number of nitrogens with two attached hydrogens (primary N) is 1. The fraction of sp³-hybridized carbons (Fsp3) is 0.0909. The lowest BCUT2D eigenvalue weighted by Gasteiger charge is -2.04. The summed E-state index contributed by atoms with van der Waals surface area (Å²) < 4.78 is 6.42. The Bertz CT molecular complexity index is 473. The molecule has 2 aromatic rings. The Morgan fingerprint density at radius 3 is 2.69 bits per heavy atom. The number of nitrogens with zero attached hydrogens (tertiary/aromatic N) is 2. The SMILES string of the molecule is Nc1cnc(OCc2cccc(Br)c2)nc1. The maximum Gasteiger partial charge on any atom is 0.316 e. The van der Waals surface area contributed by atoms with Crippen molar-refractivity contribution in [3.63, 3.8) is 0 Å². The molecule has 82 valence electrons. The maximum absolute atomic E-state index is 5.47. The van der Waals surface area contributed by atoms with Gasteiger partial charge in [0.1, 0.15) is 6.61 Å². The Kier molecular flexibility index (Phi) is 3.36. The molecule has 0 fully saturated rings. The third kappa shape index (κ3) is 2.93. The second-order valence-electron chi connectivity index (χ2n) is 3.22. The quantitative estimate of drug-likeness (QED) is 0.937. The topological polar surface area (TPSA) is 61.0 Å². The van der Waals surface area contributed by atoms with Gasteiger partial charge < -0.3 is 10.5 Å². The van der Waals surface area contributed by atoms with Crippen molar-refractivity contribution in [3.05, 3.63) is 46.7 Å². The molecule has 0 aliphatic heterocycles. The molecule has 1 aromatic carbocycles. The van der Waals surface area contributed by atoms with Crippen LogP contribution in [0.4, 0.5) is 5.69 Å². The van der Waals surface area contributed by atoms with Gasteiger partial charge in [0.05, 0.1) is 18.1 Å². The summed E-state index contributed by atoms with van der Waals surface area (Å²) in [6.07, 6.45) is 3.03. The summed E-state index contributed by atoms with van der Waals surface area (Å²) in [5, 5.41) is 0. The first kappa shape index (κ1) is 10.9. The molecule has 0 amide bonds. The van der Waals surface area contributed by atoms with Crippen LogP contribution in [0.15, 0.2) is 41.1 Å². The van der Waals surface area contributed by atoms with E-state index in [9.17, 15) is 0 Å². The lowest BCUT2D eigenvalue weighted by atomic mass is 10.2. The van der Waals surface area contributed by atoms with Crippen LogP contribution in [0.3, 0.4) is 0 Å². The standard InChI is InChI=1S/C11H10BrN3O/c12-9-3-1-2-8(4-9)7-16-11-14-5-10(13)6-15-11/h1-6H,7,13H2. The Balaban J connectivity index is 1.99. The molecule has 0 atom stereocenters. The van der Waals surface area contributed by atoms with Gasteiger partial charge in [0.2, 0.25) is 0 Å². The van der Waals surface area contributed by atoms with Crippen LogP contribution in [0.5, 0.6) is 6.01 Å². The van der Waals surface area contributed by atoms with Crippen molar-refractivity contribution in [2.24, 2.45) is 0 Å². The van der Waals surface area contributed by atoms with E-state index in [4.69, 9.17) is 10.5 Å². The number of nitrogen functional groups attached to an aromatic ring is 1. The number of rotatable bonds is 3. The lowest BCUT2D eigenvalue weighted by molar-refractivity contribution is 0.280. The van der Waals surface area contributed by atoms with Crippen LogP contribution in [0.1, 0.15) is 5.56 Å². The fourth-order valence-corrected chi connectivity index (χ4v) is 1.62. The predicted octanol–water partition coefficient (Wildman–Crippen LogP) is 2.40. The third-order valence-electron chi connectivity index (χ3n) is 1.91. The highest BCUT2D eigenvalue weighted by molar-refractivity contribution is 9.10. The average molecular weight is 280 g/mol. The summed E-state index contributed by atoms with van der Waals surface area (Å²) in [4.78, 5) is 7.89. The first-order valence-electron chi connectivity index (χ1n) is 4.69. The smallest absolute Gasteiger partial charge is 0.316 e. The average Bonchev–Trinajstić information content (AvgIpc) is 2.28. The van der Waals surface area contributed by atoms with E-state index in [2.05, 4.69) is 25.9 Å². The second kappa shape index (κ2) is 4.94. The number of anilines is 1. The van der Waals surface area contributed by atoms with Crippen LogP contribution in [-0.2, 0) is 6.61 Å². The fourth-order valence-electron chi connectivity index (χ4n) is 1.18. The largest absolute Gasteiger partial charge is 0.459 e. The molecule has 0 aliphatic carbocycles. The van der Waals surface area contributed by atoms with Crippen molar-refractivity contribution < 1.29 is 4.74 Å². The first-order chi connectivity index (χ1) is 7.74. The molecule has 4 nitrogen and oxygen atoms in total. The van der Waals surface area contributed by atoms with Gasteiger partial charge >= 0.3 is 6.01 Å². The molecule has 0 aliphatic rings. The number of hydrogen-bond donors (Lipinski definition) is 1. The highest BCUT2D eigenvalue weighted by Gasteiger charge is 1.98. The minimum absolute atomic E-state index is 0.328. The number of ether oxygens (including phenoxy) is 1. The number of benzene rings is 1. The molecule has 1 heterocycles. The zero-order chi connectivity index (χ0) is 11.4. The summed E-state index contributed by atoms with van der Waals surface area (Å²) >= 11 is 3.39. The van der Waals surface area contributed by atoms with E-state index in [1.54, 1.807) is 0 Å². The van der Waals surface area contributed by atoms with Crippen LogP contribution in [0.25, 0.3) is 0 Å². The Morgan fingerprint density at radius 1 is 1.25 bits per heavy atom. The summed E-state index contributed by atoms with van der Waals surface area (Å²) in [5.41, 5.74) is 7.04. The molecule has 0 bridgehead atoms. The molecule has 0 saturated carbocycles. The molecule has 2 N–H and O–H groups in total. The van der Waals surface area contributed by atoms with Crippen molar-refractivity contribution in [1.29, 1.82) is 0 Å². The van der Waals surface area contributed by atoms with Crippen molar-refractivity contribution in [3.8, 4) is 6.01 Å². The van der Waals surface area contributed by atoms with E-state index in [1.807, 2.05) is 24.3 Å². The van der Waals surface area contributed by atoms with E-state index in [0.717, 1.165) is 10.0 Å². The van der Waals surface area contributed by atoms with Gasteiger partial charge in [-0.05, 0) is 17.7 Å². The molecule has 5 heteroatoms. The van der Waals surface area contributed by atoms with E-state index >= 15 is 0 Å². The van der Waals surface area contributed by atoms with Crippen molar-refractivity contribution >= 4 is 21.6 Å². The molecule has 0 saturated heterocycles. The predicted molar refractivity (Wildman–Crippen MR) is 64.9 cm³/mol. The van der Waals surface area contributed by atoms with Crippen LogP contribution in [0.2, 0.25) is 0 Å². The summed E-state index contributed by atoms with van der Waals surface area (Å²) in [6, 6.07) is 8.20. The molecule has 0 spiro atoms. The van der Waals surface area contributed by atoms with Gasteiger partial charge in [0, 0.05) is 4.47 Å². The van der Waals surface area contributed by atoms with Gasteiger partial charge in [-0.3, -0.25) is 0 Å². The molecule has 1 aromatic heterocycles. The van der Waals surface area contributed by atoms with Crippen molar-refractivity contribution in [1.82, 2.24) is 9.97 Å². The molecule has 16 heavy (non-hydrogen) atoms. The molecule has 0 unspecified atom stereocenters. The highest BCUT2D eigenvalue weighted by Crippen LogP contribution is 2.13. The van der Waals surface area contributed by atoms with Gasteiger partial charge in [-0.2, -0.15) is 0 Å². The van der Waals surface area contributed by atoms with Crippen molar-refractivity contribution in [2.45, 2.75) is 6.61 Å². The van der Waals surface area contributed by atoms with Crippen LogP contribution in [-0.4, -0.2) is 9.97 Å². The molecular formula is C11H10BrN3O. The lowest BCUT2D eigenvalue weighted by Crippen LogP contribution is -1.99. The van der Waals surface area contributed by atoms with Crippen LogP contribution >= 0.6 is 15.9 Å². The molecule has 2 rings (SSSR count). The highest BCUT2D eigenvalue weighted by atomic mass is 79.9. The Morgan fingerprint density at radius 2 is 2.00 bits per heavy atom. The first-order valence-corrected chi connectivity index (χ1v) is 5.48. The van der Waals surface area contributed by atoms with E-state index < -0.39 is 0 Å². The van der Waals surface area contributed by atoms with E-state index in [1.165, 1.54) is 12.4 Å². The van der Waals surface area contributed by atoms with Gasteiger partial charge in [-0.1, -0.05) is 28.1 Å². The summed E-state index contributed by atoms with van der Waals surface area (Å²) in [5.74, 6) is 0. The van der Waals surface area contributed by atoms with Crippen LogP contribution < -0.4 is 10.5 Å². The van der Waals surface area contributed by atoms with Crippen LogP contribution in [0, 0.1) is 0 Å². The van der Waals surface area contributed by atoms with Gasteiger partial charge in [-0.25, -0.2) is 9.97 Å². The Hall–Kier alpha value is -1.62. The maximum atomic E-state index is 5.47. The summed E-state index contributed by atoms with van der Waals surface area (Å²) in [6.45, 7) is 0.434. The minimum atomic E-state index is 0.328. The zero-order valence-corrected chi connectivity index (χ0v) is 10.0. The molecule has 0 radical (unpaired) electrons. The van der Waals surface area contributed by atoms with Crippen molar-refractivity contribution in [2.75, 3.05) is 5.73 Å².